The molecule has 0 aliphatic carbocycles. The smallest absolute Gasteiger partial charge is 0.272 e. The lowest BCUT2D eigenvalue weighted by atomic mass is 10.2. The predicted octanol–water partition coefficient (Wildman–Crippen LogP) is 2.47. The van der Waals surface area contributed by atoms with Crippen LogP contribution in [0.1, 0.15) is 19.8 Å². The standard InChI is InChI=1S/C10H11FN2O3/c1-2-3-10(14)12-9-5-4-7(13(15)16)6-8(9)11/h4-6H,2-3H2,1H3,(H,12,14). The molecule has 5 nitrogen and oxygen atoms in total. The van der Waals surface area contributed by atoms with Gasteiger partial charge in [-0.15, -0.1) is 0 Å². The number of nitrogens with one attached hydrogen (secondary N) is 1. The number of carbonyl (C=O) groups excluding carboxylic acids is 1. The van der Waals surface area contributed by atoms with Crippen LogP contribution in [0.15, 0.2) is 18.2 Å². The molecule has 0 radical (unpaired) electrons. The number of amides is 1. The van der Waals surface area contributed by atoms with E-state index < -0.39 is 10.7 Å². The van der Waals surface area contributed by atoms with Gasteiger partial charge in [-0.1, -0.05) is 6.92 Å². The van der Waals surface area contributed by atoms with E-state index in [0.29, 0.717) is 6.42 Å². The van der Waals surface area contributed by atoms with Gasteiger partial charge >= 0.3 is 0 Å². The zero-order chi connectivity index (χ0) is 12.1. The van der Waals surface area contributed by atoms with Crippen molar-refractivity contribution in [2.75, 3.05) is 5.32 Å². The van der Waals surface area contributed by atoms with Crippen molar-refractivity contribution in [1.29, 1.82) is 0 Å². The minimum absolute atomic E-state index is 0.0379. The number of carbonyl (C=O) groups is 1. The summed E-state index contributed by atoms with van der Waals surface area (Å²) < 4.78 is 13.3. The zero-order valence-corrected chi connectivity index (χ0v) is 8.70. The molecule has 0 saturated heterocycles. The molecular weight excluding hydrogens is 215 g/mol. The summed E-state index contributed by atoms with van der Waals surface area (Å²) in [5, 5.41) is 12.7. The monoisotopic (exact) mass is 226 g/mol. The molecular formula is C10H11FN2O3. The summed E-state index contributed by atoms with van der Waals surface area (Å²) in [5.41, 5.74) is -0.380. The highest BCUT2D eigenvalue weighted by atomic mass is 19.1. The van der Waals surface area contributed by atoms with Crippen LogP contribution in [-0.4, -0.2) is 10.8 Å². The number of hydrogen-bond donors (Lipinski definition) is 1. The van der Waals surface area contributed by atoms with Crippen LogP contribution >= 0.6 is 0 Å². The number of non-ortho nitro benzene ring substituents is 1. The minimum Gasteiger partial charge on any atom is -0.324 e. The van der Waals surface area contributed by atoms with Gasteiger partial charge in [-0.2, -0.15) is 0 Å². The third-order valence-corrected chi connectivity index (χ3v) is 1.91. The van der Waals surface area contributed by atoms with Crippen LogP contribution in [0.4, 0.5) is 15.8 Å². The summed E-state index contributed by atoms with van der Waals surface area (Å²) >= 11 is 0. The Labute approximate surface area is 91.4 Å². The van der Waals surface area contributed by atoms with E-state index in [1.165, 1.54) is 6.07 Å². The summed E-state index contributed by atoms with van der Waals surface area (Å²) in [5.74, 6) is -1.12. The molecule has 0 spiro atoms. The van der Waals surface area contributed by atoms with Crippen LogP contribution in [0.5, 0.6) is 0 Å². The second kappa shape index (κ2) is 5.20. The second-order valence-corrected chi connectivity index (χ2v) is 3.22. The second-order valence-electron chi connectivity index (χ2n) is 3.22. The number of benzene rings is 1. The molecule has 1 aromatic carbocycles. The van der Waals surface area contributed by atoms with Crippen molar-refractivity contribution in [3.63, 3.8) is 0 Å². The maximum Gasteiger partial charge on any atom is 0.272 e. The van der Waals surface area contributed by atoms with Gasteiger partial charge in [-0.05, 0) is 12.5 Å². The van der Waals surface area contributed by atoms with Gasteiger partial charge in [0.15, 0.2) is 5.82 Å². The summed E-state index contributed by atoms with van der Waals surface area (Å²) in [6.45, 7) is 1.83. The van der Waals surface area contributed by atoms with Crippen molar-refractivity contribution in [1.82, 2.24) is 0 Å². The quantitative estimate of drug-likeness (QED) is 0.633. The van der Waals surface area contributed by atoms with Gasteiger partial charge in [0.1, 0.15) is 0 Å². The summed E-state index contributed by atoms with van der Waals surface area (Å²) in [4.78, 5) is 20.8. The van der Waals surface area contributed by atoms with E-state index in [0.717, 1.165) is 12.1 Å². The number of nitrogens with zero attached hydrogens (tertiary/aromatic N) is 1. The maximum atomic E-state index is 13.3. The number of anilines is 1. The summed E-state index contributed by atoms with van der Waals surface area (Å²) in [6.07, 6.45) is 0.941. The van der Waals surface area contributed by atoms with Crippen LogP contribution in [0, 0.1) is 15.9 Å². The van der Waals surface area contributed by atoms with Gasteiger partial charge in [-0.25, -0.2) is 4.39 Å². The van der Waals surface area contributed by atoms with Gasteiger partial charge in [0.25, 0.3) is 5.69 Å². The molecule has 86 valence electrons. The van der Waals surface area contributed by atoms with Crippen LogP contribution in [0.3, 0.4) is 0 Å². The summed E-state index contributed by atoms with van der Waals surface area (Å²) in [6, 6.07) is 3.10. The molecule has 0 bridgehead atoms. The van der Waals surface area contributed by atoms with E-state index in [1.54, 1.807) is 0 Å². The molecule has 0 heterocycles. The highest BCUT2D eigenvalue weighted by Gasteiger charge is 2.11. The Kier molecular flexibility index (Phi) is 3.93. The highest BCUT2D eigenvalue weighted by molar-refractivity contribution is 5.90. The van der Waals surface area contributed by atoms with Crippen LogP contribution in [0.25, 0.3) is 0 Å². The first-order valence-corrected chi connectivity index (χ1v) is 4.78. The van der Waals surface area contributed by atoms with Crippen LogP contribution in [0.2, 0.25) is 0 Å². The predicted molar refractivity (Wildman–Crippen MR) is 56.6 cm³/mol. The average Bonchev–Trinajstić information content (AvgIpc) is 2.21. The molecule has 16 heavy (non-hydrogen) atoms. The molecule has 0 atom stereocenters. The Hall–Kier alpha value is -1.98. The van der Waals surface area contributed by atoms with E-state index in [1.807, 2.05) is 6.92 Å². The number of nitro benzene ring substituents is 1. The molecule has 1 rings (SSSR count). The molecule has 1 amide bonds. The Morgan fingerprint density at radius 1 is 1.56 bits per heavy atom. The molecule has 0 aromatic heterocycles. The first-order chi connectivity index (χ1) is 7.54. The third kappa shape index (κ3) is 3.01. The van der Waals surface area contributed by atoms with E-state index in [4.69, 9.17) is 0 Å². The fourth-order valence-electron chi connectivity index (χ4n) is 1.16. The molecule has 0 fully saturated rings. The number of hydrogen-bond acceptors (Lipinski definition) is 3. The molecule has 0 aliphatic heterocycles. The highest BCUT2D eigenvalue weighted by Crippen LogP contribution is 2.20. The van der Waals surface area contributed by atoms with Crippen molar-refractivity contribution < 1.29 is 14.1 Å². The lowest BCUT2D eigenvalue weighted by Crippen LogP contribution is -2.11. The molecule has 1 N–H and O–H groups in total. The Morgan fingerprint density at radius 3 is 2.75 bits per heavy atom. The van der Waals surface area contributed by atoms with Crippen molar-refractivity contribution in [2.45, 2.75) is 19.8 Å². The van der Waals surface area contributed by atoms with Crippen molar-refractivity contribution in [2.24, 2.45) is 0 Å². The van der Waals surface area contributed by atoms with Gasteiger partial charge in [-0.3, -0.25) is 14.9 Å². The topological polar surface area (TPSA) is 72.2 Å². The maximum absolute atomic E-state index is 13.3. The van der Waals surface area contributed by atoms with Crippen molar-refractivity contribution >= 4 is 17.3 Å². The first kappa shape index (κ1) is 12.1. The Balaban J connectivity index is 2.83. The first-order valence-electron chi connectivity index (χ1n) is 4.78. The fourth-order valence-corrected chi connectivity index (χ4v) is 1.16. The minimum atomic E-state index is -0.807. The Bertz CT molecular complexity index is 421. The van der Waals surface area contributed by atoms with Crippen molar-refractivity contribution in [3.05, 3.63) is 34.1 Å². The van der Waals surface area contributed by atoms with Crippen LogP contribution < -0.4 is 5.32 Å². The molecule has 0 unspecified atom stereocenters. The van der Waals surface area contributed by atoms with E-state index >= 15 is 0 Å². The number of rotatable bonds is 4. The van der Waals surface area contributed by atoms with E-state index in [2.05, 4.69) is 5.32 Å². The average molecular weight is 226 g/mol. The van der Waals surface area contributed by atoms with Gasteiger partial charge in [0.05, 0.1) is 16.7 Å². The largest absolute Gasteiger partial charge is 0.324 e. The third-order valence-electron chi connectivity index (χ3n) is 1.91. The normalized spacial score (nSPS) is 9.88. The van der Waals surface area contributed by atoms with Crippen molar-refractivity contribution in [3.8, 4) is 0 Å². The van der Waals surface area contributed by atoms with Gasteiger partial charge in [0.2, 0.25) is 5.91 Å². The lowest BCUT2D eigenvalue weighted by Gasteiger charge is -2.04. The van der Waals surface area contributed by atoms with E-state index in [9.17, 15) is 19.3 Å². The molecule has 0 saturated carbocycles. The number of nitro groups is 1. The summed E-state index contributed by atoms with van der Waals surface area (Å²) in [7, 11) is 0. The van der Waals surface area contributed by atoms with Crippen LogP contribution in [-0.2, 0) is 4.79 Å². The SMILES string of the molecule is CCCC(=O)Nc1ccc([N+](=O)[O-])cc1F. The van der Waals surface area contributed by atoms with E-state index in [-0.39, 0.29) is 23.7 Å². The molecule has 6 heteroatoms. The van der Waals surface area contributed by atoms with Gasteiger partial charge in [0, 0.05) is 12.5 Å². The Morgan fingerprint density at radius 2 is 2.25 bits per heavy atom. The molecule has 1 aromatic rings. The zero-order valence-electron chi connectivity index (χ0n) is 8.70. The number of halogens is 1. The molecule has 0 aliphatic rings. The lowest BCUT2D eigenvalue weighted by molar-refractivity contribution is -0.385. The van der Waals surface area contributed by atoms with Gasteiger partial charge < -0.3 is 5.32 Å². The fraction of sp³-hybridized carbons (Fsp3) is 0.300.